The van der Waals surface area contributed by atoms with Crippen molar-refractivity contribution in [1.29, 1.82) is 0 Å². The Morgan fingerprint density at radius 3 is 2.62 bits per heavy atom. The van der Waals surface area contributed by atoms with Crippen LogP contribution in [0, 0.1) is 15.9 Å². The second kappa shape index (κ2) is 6.83. The quantitative estimate of drug-likeness (QED) is 0.376. The summed E-state index contributed by atoms with van der Waals surface area (Å²) in [6.45, 7) is 5.11. The topological polar surface area (TPSA) is 95.8 Å². The molecule has 3 aliphatic rings. The third kappa shape index (κ3) is 2.62. The monoisotopic (exact) mass is 522 g/mol. The second-order valence-corrected chi connectivity index (χ2v) is 11.4. The number of halogens is 2. The fourth-order valence-corrected chi connectivity index (χ4v) is 7.43. The normalized spacial score (nSPS) is 27.5. The number of hydrogen-bond acceptors (Lipinski definition) is 6. The number of likely N-dealkylation sites (N-methyl/N-ethyl adjacent to an activating group) is 1. The Hall–Kier alpha value is -2.34. The zero-order valence-corrected chi connectivity index (χ0v) is 19.5. The smallest absolute Gasteiger partial charge is 0.269 e. The van der Waals surface area contributed by atoms with Gasteiger partial charge in [-0.15, -0.1) is 0 Å². The molecule has 168 valence electrons. The van der Waals surface area contributed by atoms with E-state index in [-0.39, 0.29) is 23.7 Å². The minimum absolute atomic E-state index is 0.0371. The van der Waals surface area contributed by atoms with Crippen LogP contribution in [0.1, 0.15) is 12.0 Å². The van der Waals surface area contributed by atoms with E-state index in [2.05, 4.69) is 27.8 Å². The van der Waals surface area contributed by atoms with Gasteiger partial charge in [0.15, 0.2) is 0 Å². The van der Waals surface area contributed by atoms with Crippen molar-refractivity contribution in [2.24, 2.45) is 0 Å². The largest absolute Gasteiger partial charge is 0.362 e. The summed E-state index contributed by atoms with van der Waals surface area (Å²) in [5.74, 6) is -0.407. The van der Waals surface area contributed by atoms with E-state index < -0.39 is 31.8 Å². The Morgan fingerprint density at radius 2 is 1.97 bits per heavy atom. The van der Waals surface area contributed by atoms with Gasteiger partial charge in [-0.2, -0.15) is 4.31 Å². The summed E-state index contributed by atoms with van der Waals surface area (Å²) in [7, 11) is -2.08. The van der Waals surface area contributed by atoms with Crippen LogP contribution in [0.5, 0.6) is 0 Å². The standard InChI is InChI=1S/C21H20BrFN4O4S/c1-13-11-26(32(30,31)16-5-3-15(4-6-16)27(28)29)12-21-20(13,7-8-25(21)2)17-9-14(22)10-18(23)19(17)24-21/h3-6,9-10,24H,1,7-8,11-12H2,2H3/t20-,21+/m0/s1. The molecule has 3 heterocycles. The van der Waals surface area contributed by atoms with Crippen molar-refractivity contribution >= 4 is 37.3 Å². The van der Waals surface area contributed by atoms with Gasteiger partial charge >= 0.3 is 0 Å². The minimum atomic E-state index is -3.97. The number of likely N-dealkylation sites (tertiary alicyclic amines) is 1. The highest BCUT2D eigenvalue weighted by molar-refractivity contribution is 9.10. The number of benzene rings is 2. The molecule has 8 nitrogen and oxygen atoms in total. The second-order valence-electron chi connectivity index (χ2n) is 8.50. The number of sulfonamides is 1. The molecular weight excluding hydrogens is 503 g/mol. The van der Waals surface area contributed by atoms with E-state index in [1.807, 2.05) is 18.0 Å². The van der Waals surface area contributed by atoms with Crippen molar-refractivity contribution in [3.8, 4) is 0 Å². The summed E-state index contributed by atoms with van der Waals surface area (Å²) in [6.07, 6.45) is 0.684. The first-order valence-electron chi connectivity index (χ1n) is 9.95. The van der Waals surface area contributed by atoms with Crippen LogP contribution in [-0.4, -0.2) is 54.9 Å². The average molecular weight is 523 g/mol. The van der Waals surface area contributed by atoms with Crippen molar-refractivity contribution in [2.75, 3.05) is 32.0 Å². The number of nitrogens with one attached hydrogen (secondary N) is 1. The first kappa shape index (κ1) is 21.5. The predicted molar refractivity (Wildman–Crippen MR) is 120 cm³/mol. The fraction of sp³-hybridized carbons (Fsp3) is 0.333. The summed E-state index contributed by atoms with van der Waals surface area (Å²) in [4.78, 5) is 12.4. The molecule has 0 aliphatic carbocycles. The minimum Gasteiger partial charge on any atom is -0.362 e. The summed E-state index contributed by atoms with van der Waals surface area (Å²) < 4.78 is 43.8. The van der Waals surface area contributed by atoms with Gasteiger partial charge in [-0.05, 0) is 48.9 Å². The van der Waals surface area contributed by atoms with Crippen LogP contribution in [0.4, 0.5) is 15.8 Å². The first-order valence-corrected chi connectivity index (χ1v) is 12.2. The number of anilines is 1. The highest BCUT2D eigenvalue weighted by Gasteiger charge is 2.68. The number of hydrogen-bond donors (Lipinski definition) is 1. The Kier molecular flexibility index (Phi) is 4.59. The molecule has 0 bridgehead atoms. The lowest BCUT2D eigenvalue weighted by atomic mass is 9.66. The van der Waals surface area contributed by atoms with Gasteiger partial charge in [0.1, 0.15) is 11.5 Å². The molecule has 0 amide bonds. The Bertz CT molecular complexity index is 1290. The predicted octanol–water partition coefficient (Wildman–Crippen LogP) is 3.45. The molecule has 2 aromatic rings. The first-order chi connectivity index (χ1) is 15.0. The molecule has 2 fully saturated rings. The molecular formula is C21H20BrFN4O4S. The highest BCUT2D eigenvalue weighted by atomic mass is 79.9. The molecule has 0 radical (unpaired) electrons. The number of nitrogens with zero attached hydrogens (tertiary/aromatic N) is 3. The maximum Gasteiger partial charge on any atom is 0.269 e. The van der Waals surface area contributed by atoms with Crippen LogP contribution in [0.25, 0.3) is 0 Å². The van der Waals surface area contributed by atoms with E-state index in [0.717, 1.165) is 5.56 Å². The molecule has 1 N–H and O–H groups in total. The molecule has 5 rings (SSSR count). The lowest BCUT2D eigenvalue weighted by Gasteiger charge is -2.52. The molecule has 0 aromatic heterocycles. The van der Waals surface area contributed by atoms with Crippen LogP contribution in [0.2, 0.25) is 0 Å². The number of nitro groups is 1. The maximum atomic E-state index is 14.9. The Morgan fingerprint density at radius 1 is 1.28 bits per heavy atom. The molecule has 0 unspecified atom stereocenters. The van der Waals surface area contributed by atoms with Gasteiger partial charge in [-0.1, -0.05) is 22.5 Å². The number of piperidine rings is 1. The summed E-state index contributed by atoms with van der Waals surface area (Å²) >= 11 is 3.38. The van der Waals surface area contributed by atoms with Gasteiger partial charge in [0.2, 0.25) is 10.0 Å². The van der Waals surface area contributed by atoms with E-state index in [1.165, 1.54) is 34.6 Å². The van der Waals surface area contributed by atoms with E-state index in [4.69, 9.17) is 0 Å². The molecule has 0 spiro atoms. The maximum absolute atomic E-state index is 14.9. The van der Waals surface area contributed by atoms with Gasteiger partial charge < -0.3 is 5.32 Å². The summed E-state index contributed by atoms with van der Waals surface area (Å²) in [5, 5.41) is 14.3. The zero-order chi connectivity index (χ0) is 23.1. The Balaban J connectivity index is 1.60. The number of rotatable bonds is 3. The highest BCUT2D eigenvalue weighted by Crippen LogP contribution is 2.61. The van der Waals surface area contributed by atoms with Crippen molar-refractivity contribution in [3.05, 3.63) is 74.5 Å². The fourth-order valence-electron chi connectivity index (χ4n) is 5.54. The van der Waals surface area contributed by atoms with Gasteiger partial charge in [0, 0.05) is 29.7 Å². The van der Waals surface area contributed by atoms with Crippen LogP contribution in [0.15, 0.2) is 57.9 Å². The van der Waals surface area contributed by atoms with Gasteiger partial charge in [-0.25, -0.2) is 12.8 Å². The van der Waals surface area contributed by atoms with Crippen molar-refractivity contribution in [2.45, 2.75) is 22.4 Å². The van der Waals surface area contributed by atoms with Crippen LogP contribution in [-0.2, 0) is 15.4 Å². The van der Waals surface area contributed by atoms with Crippen molar-refractivity contribution < 1.29 is 17.7 Å². The summed E-state index contributed by atoms with van der Waals surface area (Å²) in [5.41, 5.74) is 0.126. The van der Waals surface area contributed by atoms with E-state index in [1.54, 1.807) is 0 Å². The van der Waals surface area contributed by atoms with Gasteiger partial charge in [-0.3, -0.25) is 15.0 Å². The van der Waals surface area contributed by atoms with Crippen LogP contribution >= 0.6 is 15.9 Å². The molecule has 3 aliphatic heterocycles. The molecule has 11 heteroatoms. The van der Waals surface area contributed by atoms with E-state index >= 15 is 0 Å². The summed E-state index contributed by atoms with van der Waals surface area (Å²) in [6, 6.07) is 8.10. The van der Waals surface area contributed by atoms with Gasteiger partial charge in [0.25, 0.3) is 5.69 Å². The van der Waals surface area contributed by atoms with Crippen LogP contribution in [0.3, 0.4) is 0 Å². The molecule has 2 saturated heterocycles. The SMILES string of the molecule is C=C1CN(S(=O)(=O)c2ccc([N+](=O)[O-])cc2)C[C@]23Nc4c(F)cc(Br)cc4[C@]12CCN3C. The number of nitro benzene ring substituents is 1. The number of fused-ring (bicyclic) bond motifs is 1. The molecule has 2 aromatic carbocycles. The number of non-ortho nitro benzene ring substituents is 1. The molecule has 32 heavy (non-hydrogen) atoms. The Labute approximate surface area is 193 Å². The third-order valence-corrected chi connectivity index (χ3v) is 9.35. The van der Waals surface area contributed by atoms with Gasteiger partial charge in [0.05, 0.1) is 27.5 Å². The lowest BCUT2D eigenvalue weighted by molar-refractivity contribution is -0.384. The average Bonchev–Trinajstić information content (AvgIpc) is 3.20. The van der Waals surface area contributed by atoms with Crippen LogP contribution < -0.4 is 5.32 Å². The van der Waals surface area contributed by atoms with Crippen molar-refractivity contribution in [1.82, 2.24) is 9.21 Å². The third-order valence-electron chi connectivity index (χ3n) is 7.09. The van der Waals surface area contributed by atoms with Crippen molar-refractivity contribution in [3.63, 3.8) is 0 Å². The van der Waals surface area contributed by atoms with E-state index in [9.17, 15) is 22.9 Å². The zero-order valence-electron chi connectivity index (χ0n) is 17.1. The molecule has 0 saturated carbocycles. The molecule has 2 atom stereocenters. The lowest BCUT2D eigenvalue weighted by Crippen LogP contribution is -2.68. The van der Waals surface area contributed by atoms with E-state index in [0.29, 0.717) is 28.7 Å².